The summed E-state index contributed by atoms with van der Waals surface area (Å²) in [5.41, 5.74) is 4.69. The summed E-state index contributed by atoms with van der Waals surface area (Å²) in [4.78, 5) is 17.9. The maximum absolute atomic E-state index is 11.8. The number of nitrogens with one attached hydrogen (secondary N) is 1. The van der Waals surface area contributed by atoms with Gasteiger partial charge in [-0.05, 0) is 29.8 Å². The highest BCUT2D eigenvalue weighted by Crippen LogP contribution is 2.14. The Balaban J connectivity index is 1.94. The molecule has 2 rings (SSSR count). The molecule has 0 bridgehead atoms. The predicted molar refractivity (Wildman–Crippen MR) is 99.4 cm³/mol. The van der Waals surface area contributed by atoms with E-state index in [4.69, 9.17) is 23.2 Å². The van der Waals surface area contributed by atoms with Gasteiger partial charge in [-0.3, -0.25) is 9.78 Å². The van der Waals surface area contributed by atoms with Gasteiger partial charge in [0.1, 0.15) is 5.69 Å². The molecule has 1 N–H and O–H groups in total. The lowest BCUT2D eigenvalue weighted by atomic mass is 10.2. The summed E-state index contributed by atoms with van der Waals surface area (Å²) in [5.74, 6) is 0.734. The molecule has 126 valence electrons. The molecule has 0 fully saturated rings. The summed E-state index contributed by atoms with van der Waals surface area (Å²) in [5, 5.41) is 3.94. The zero-order chi connectivity index (χ0) is 17.2. The Morgan fingerprint density at radius 1 is 1.12 bits per heavy atom. The zero-order valence-electron chi connectivity index (χ0n) is 13.0. The monoisotopic (exact) mass is 364 g/mol. The van der Waals surface area contributed by atoms with Crippen molar-refractivity contribution < 1.29 is 4.79 Å². The predicted octanol–water partition coefficient (Wildman–Crippen LogP) is 3.13. The van der Waals surface area contributed by atoms with E-state index in [9.17, 15) is 4.79 Å². The normalized spacial score (nSPS) is 10.8. The molecule has 1 aromatic carbocycles. The Labute approximate surface area is 151 Å². The number of hydrazone groups is 1. The van der Waals surface area contributed by atoms with Crippen molar-refractivity contribution in [1.82, 2.24) is 10.4 Å². The summed E-state index contributed by atoms with van der Waals surface area (Å²) in [6, 6.07) is 12.9. The van der Waals surface area contributed by atoms with Crippen molar-refractivity contribution in [3.63, 3.8) is 0 Å². The molecule has 0 atom stereocenters. The minimum absolute atomic E-state index is 0.322. The Morgan fingerprint density at radius 3 is 2.42 bits per heavy atom. The van der Waals surface area contributed by atoms with Gasteiger partial charge in [0.2, 0.25) is 0 Å². The second-order valence-electron chi connectivity index (χ2n) is 4.87. The van der Waals surface area contributed by atoms with Crippen LogP contribution in [-0.2, 0) is 0 Å². The van der Waals surface area contributed by atoms with E-state index in [2.05, 4.69) is 20.4 Å². The van der Waals surface area contributed by atoms with E-state index in [0.29, 0.717) is 17.5 Å². The Bertz CT molecular complexity index is 656. The molecule has 0 aliphatic carbocycles. The van der Waals surface area contributed by atoms with E-state index in [1.54, 1.807) is 30.6 Å². The standard InChI is InChI=1S/C17H18Cl2N4O/c18-8-11-23(12-9-19)15-6-4-14(5-7-15)13-21-22-17(24)16-3-1-2-10-20-16/h1-7,10,13H,8-9,11-12H2,(H,22,24)/b21-13+. The van der Waals surface area contributed by atoms with Crippen LogP contribution < -0.4 is 10.3 Å². The van der Waals surface area contributed by atoms with Crippen molar-refractivity contribution in [2.45, 2.75) is 0 Å². The highest BCUT2D eigenvalue weighted by Gasteiger charge is 2.05. The first-order valence-electron chi connectivity index (χ1n) is 7.46. The third-order valence-corrected chi connectivity index (χ3v) is 3.58. The Kier molecular flexibility index (Phi) is 7.52. The second-order valence-corrected chi connectivity index (χ2v) is 5.63. The summed E-state index contributed by atoms with van der Waals surface area (Å²) < 4.78 is 0. The molecule has 0 spiro atoms. The van der Waals surface area contributed by atoms with Gasteiger partial charge in [0.15, 0.2) is 0 Å². The number of halogens is 2. The number of rotatable bonds is 8. The van der Waals surface area contributed by atoms with E-state index in [1.807, 2.05) is 24.3 Å². The Hall–Kier alpha value is -2.11. The van der Waals surface area contributed by atoms with Gasteiger partial charge >= 0.3 is 0 Å². The molecule has 0 aliphatic rings. The molecular weight excluding hydrogens is 347 g/mol. The summed E-state index contributed by atoms with van der Waals surface area (Å²) in [6.07, 6.45) is 3.14. The summed E-state index contributed by atoms with van der Waals surface area (Å²) >= 11 is 11.6. The van der Waals surface area contributed by atoms with Crippen LogP contribution in [0.25, 0.3) is 0 Å². The molecule has 5 nitrogen and oxygen atoms in total. The van der Waals surface area contributed by atoms with Crippen molar-refractivity contribution in [2.75, 3.05) is 29.7 Å². The fourth-order valence-electron chi connectivity index (χ4n) is 2.07. The average molecular weight is 365 g/mol. The van der Waals surface area contributed by atoms with Crippen LogP contribution in [0.2, 0.25) is 0 Å². The van der Waals surface area contributed by atoms with Gasteiger partial charge in [-0.25, -0.2) is 5.43 Å². The molecule has 0 unspecified atom stereocenters. The summed E-state index contributed by atoms with van der Waals surface area (Å²) in [7, 11) is 0. The quantitative estimate of drug-likeness (QED) is 0.444. The molecule has 0 saturated carbocycles. The van der Waals surface area contributed by atoms with E-state index in [-0.39, 0.29) is 5.91 Å². The number of alkyl halides is 2. The molecule has 1 amide bonds. The first-order chi connectivity index (χ1) is 11.7. The van der Waals surface area contributed by atoms with Crippen LogP contribution in [0.3, 0.4) is 0 Å². The average Bonchev–Trinajstić information content (AvgIpc) is 2.63. The zero-order valence-corrected chi connectivity index (χ0v) is 14.5. The number of carbonyl (C=O) groups excluding carboxylic acids is 1. The fraction of sp³-hybridized carbons (Fsp3) is 0.235. The lowest BCUT2D eigenvalue weighted by molar-refractivity contribution is 0.0950. The molecule has 1 heterocycles. The third-order valence-electron chi connectivity index (χ3n) is 3.24. The van der Waals surface area contributed by atoms with E-state index >= 15 is 0 Å². The van der Waals surface area contributed by atoms with Gasteiger partial charge in [-0.1, -0.05) is 18.2 Å². The van der Waals surface area contributed by atoms with Crippen LogP contribution >= 0.6 is 23.2 Å². The molecular formula is C17H18Cl2N4O. The number of amides is 1. The van der Waals surface area contributed by atoms with Crippen LogP contribution in [0.4, 0.5) is 5.69 Å². The maximum Gasteiger partial charge on any atom is 0.289 e. The third kappa shape index (κ3) is 5.51. The van der Waals surface area contributed by atoms with Crippen LogP contribution in [0.15, 0.2) is 53.8 Å². The molecule has 1 aromatic heterocycles. The smallest absolute Gasteiger partial charge is 0.289 e. The molecule has 2 aromatic rings. The van der Waals surface area contributed by atoms with Crippen molar-refractivity contribution >= 4 is 41.0 Å². The maximum atomic E-state index is 11.8. The number of anilines is 1. The highest BCUT2D eigenvalue weighted by molar-refractivity contribution is 6.18. The number of nitrogens with zero attached hydrogens (tertiary/aromatic N) is 3. The fourth-order valence-corrected chi connectivity index (χ4v) is 2.47. The van der Waals surface area contributed by atoms with Crippen molar-refractivity contribution in [3.8, 4) is 0 Å². The Morgan fingerprint density at radius 2 is 1.83 bits per heavy atom. The number of benzene rings is 1. The van der Waals surface area contributed by atoms with Crippen LogP contribution in [0.5, 0.6) is 0 Å². The van der Waals surface area contributed by atoms with E-state index in [1.165, 1.54) is 0 Å². The minimum atomic E-state index is -0.348. The molecule has 7 heteroatoms. The number of aromatic nitrogens is 1. The number of hydrogen-bond donors (Lipinski definition) is 1. The largest absolute Gasteiger partial charge is 0.369 e. The number of carbonyl (C=O) groups is 1. The first-order valence-corrected chi connectivity index (χ1v) is 8.53. The van der Waals surface area contributed by atoms with Crippen molar-refractivity contribution in [2.24, 2.45) is 5.10 Å². The lowest BCUT2D eigenvalue weighted by Gasteiger charge is -2.22. The van der Waals surface area contributed by atoms with Crippen molar-refractivity contribution in [3.05, 3.63) is 59.9 Å². The number of pyridine rings is 1. The highest BCUT2D eigenvalue weighted by atomic mass is 35.5. The van der Waals surface area contributed by atoms with E-state index < -0.39 is 0 Å². The SMILES string of the molecule is O=C(N/N=C/c1ccc(N(CCCl)CCCl)cc1)c1ccccn1. The van der Waals surface area contributed by atoms with E-state index in [0.717, 1.165) is 24.3 Å². The van der Waals surface area contributed by atoms with Gasteiger partial charge in [-0.2, -0.15) is 5.10 Å². The molecule has 0 radical (unpaired) electrons. The lowest BCUT2D eigenvalue weighted by Crippen LogP contribution is -2.27. The number of hydrogen-bond acceptors (Lipinski definition) is 4. The van der Waals surface area contributed by atoms with Crippen molar-refractivity contribution in [1.29, 1.82) is 0 Å². The molecule has 0 aliphatic heterocycles. The minimum Gasteiger partial charge on any atom is -0.369 e. The van der Waals surface area contributed by atoms with Gasteiger partial charge in [0.25, 0.3) is 5.91 Å². The van der Waals surface area contributed by atoms with Crippen LogP contribution in [0.1, 0.15) is 16.1 Å². The molecule has 24 heavy (non-hydrogen) atoms. The molecule has 0 saturated heterocycles. The van der Waals surface area contributed by atoms with Crippen LogP contribution in [-0.4, -0.2) is 42.0 Å². The second kappa shape index (κ2) is 9.90. The topological polar surface area (TPSA) is 57.6 Å². The van der Waals surface area contributed by atoms with Gasteiger partial charge < -0.3 is 4.90 Å². The van der Waals surface area contributed by atoms with Gasteiger partial charge in [-0.15, -0.1) is 23.2 Å². The van der Waals surface area contributed by atoms with Crippen LogP contribution in [0, 0.1) is 0 Å². The van der Waals surface area contributed by atoms with Gasteiger partial charge in [0, 0.05) is 36.7 Å². The van der Waals surface area contributed by atoms with Gasteiger partial charge in [0.05, 0.1) is 6.21 Å². The summed E-state index contributed by atoms with van der Waals surface area (Å²) in [6.45, 7) is 1.48. The first kappa shape index (κ1) is 18.2.